The molecule has 0 saturated carbocycles. The van der Waals surface area contributed by atoms with Gasteiger partial charge >= 0.3 is 0 Å². The number of hydrogen-bond acceptors (Lipinski definition) is 5. The van der Waals surface area contributed by atoms with Crippen molar-refractivity contribution < 1.29 is 4.74 Å². The minimum absolute atomic E-state index is 0.757. The second-order valence-electron chi connectivity index (χ2n) is 6.14. The van der Waals surface area contributed by atoms with Crippen LogP contribution in [0.15, 0.2) is 54.7 Å². The molecule has 0 atom stereocenters. The smallest absolute Gasteiger partial charge is 0.131 e. The highest BCUT2D eigenvalue weighted by molar-refractivity contribution is 5.83. The molecule has 5 heteroatoms. The maximum Gasteiger partial charge on any atom is 0.131 e. The van der Waals surface area contributed by atoms with E-state index in [1.165, 1.54) is 0 Å². The summed E-state index contributed by atoms with van der Waals surface area (Å²) in [7, 11) is 0. The zero-order valence-electron chi connectivity index (χ0n) is 14.2. The molecule has 3 aromatic rings. The van der Waals surface area contributed by atoms with E-state index in [2.05, 4.69) is 39.5 Å². The summed E-state index contributed by atoms with van der Waals surface area (Å²) in [6, 6.07) is 16.4. The average molecular weight is 334 g/mol. The number of nitrogens with zero attached hydrogens (tertiary/aromatic N) is 3. The fraction of sp³-hybridized carbons (Fsp3) is 0.300. The molecule has 0 spiro atoms. The lowest BCUT2D eigenvalue weighted by Gasteiger charge is -2.28. The van der Waals surface area contributed by atoms with Crippen molar-refractivity contribution in [2.24, 2.45) is 0 Å². The van der Waals surface area contributed by atoms with E-state index < -0.39 is 0 Å². The Labute approximate surface area is 147 Å². The number of morpholine rings is 1. The van der Waals surface area contributed by atoms with Crippen molar-refractivity contribution in [3.63, 3.8) is 0 Å². The second kappa shape index (κ2) is 7.49. The molecule has 25 heavy (non-hydrogen) atoms. The number of aromatic nitrogens is 2. The van der Waals surface area contributed by atoms with Crippen LogP contribution in [-0.4, -0.2) is 42.8 Å². The van der Waals surface area contributed by atoms with E-state index in [0.717, 1.165) is 67.4 Å². The van der Waals surface area contributed by atoms with Gasteiger partial charge in [0.25, 0.3) is 0 Å². The Morgan fingerprint density at radius 1 is 1.04 bits per heavy atom. The molecule has 0 unspecified atom stereocenters. The first-order valence-electron chi connectivity index (χ1n) is 8.76. The summed E-state index contributed by atoms with van der Waals surface area (Å²) in [6.45, 7) is 4.12. The van der Waals surface area contributed by atoms with Crippen LogP contribution in [0.25, 0.3) is 10.9 Å². The molecular formula is C20H22N4O. The van der Waals surface area contributed by atoms with Gasteiger partial charge in [-0.15, -0.1) is 0 Å². The van der Waals surface area contributed by atoms with Gasteiger partial charge in [-0.1, -0.05) is 18.2 Å². The standard InChI is InChI=1S/C20H22N4O/c1-2-5-16(6-3-1)21-10-8-18-17-7-4-9-22-19(17)15-20(23-18)24-11-13-25-14-12-24/h1-7,9,15,21H,8,10-14H2. The van der Waals surface area contributed by atoms with Crippen LogP contribution in [0.5, 0.6) is 0 Å². The van der Waals surface area contributed by atoms with Crippen LogP contribution in [0.4, 0.5) is 11.5 Å². The molecule has 1 N–H and O–H groups in total. The number of rotatable bonds is 5. The summed E-state index contributed by atoms with van der Waals surface area (Å²) < 4.78 is 5.46. The highest BCUT2D eigenvalue weighted by Gasteiger charge is 2.15. The van der Waals surface area contributed by atoms with E-state index in [9.17, 15) is 0 Å². The SMILES string of the molecule is c1ccc(NCCc2nc(N3CCOCC3)cc3ncccc23)cc1. The first kappa shape index (κ1) is 15.8. The van der Waals surface area contributed by atoms with Gasteiger partial charge in [-0.05, 0) is 24.3 Å². The zero-order valence-corrected chi connectivity index (χ0v) is 14.2. The number of fused-ring (bicyclic) bond motifs is 1. The molecule has 0 aliphatic carbocycles. The molecule has 1 aromatic carbocycles. The maximum atomic E-state index is 5.46. The van der Waals surface area contributed by atoms with Crippen LogP contribution < -0.4 is 10.2 Å². The molecule has 1 aliphatic heterocycles. The van der Waals surface area contributed by atoms with Crippen molar-refractivity contribution in [3.8, 4) is 0 Å². The van der Waals surface area contributed by atoms with E-state index >= 15 is 0 Å². The Balaban J connectivity index is 1.57. The molecule has 1 aliphatic rings. The van der Waals surface area contributed by atoms with Crippen LogP contribution in [0.1, 0.15) is 5.69 Å². The Morgan fingerprint density at radius 3 is 2.72 bits per heavy atom. The van der Waals surface area contributed by atoms with E-state index in [4.69, 9.17) is 9.72 Å². The number of ether oxygens (including phenoxy) is 1. The van der Waals surface area contributed by atoms with Gasteiger partial charge in [-0.2, -0.15) is 0 Å². The van der Waals surface area contributed by atoms with Crippen LogP contribution in [0.3, 0.4) is 0 Å². The van der Waals surface area contributed by atoms with Crippen molar-refractivity contribution in [1.29, 1.82) is 0 Å². The van der Waals surface area contributed by atoms with Gasteiger partial charge in [-0.25, -0.2) is 4.98 Å². The number of benzene rings is 1. The first-order chi connectivity index (χ1) is 12.4. The fourth-order valence-electron chi connectivity index (χ4n) is 3.16. The van der Waals surface area contributed by atoms with Gasteiger partial charge in [0.1, 0.15) is 5.82 Å². The third-order valence-corrected chi connectivity index (χ3v) is 4.46. The van der Waals surface area contributed by atoms with Crippen molar-refractivity contribution in [2.45, 2.75) is 6.42 Å². The Morgan fingerprint density at radius 2 is 1.88 bits per heavy atom. The lowest BCUT2D eigenvalue weighted by atomic mass is 10.1. The number of para-hydroxylation sites is 1. The Kier molecular flexibility index (Phi) is 4.74. The number of pyridine rings is 2. The van der Waals surface area contributed by atoms with Gasteiger partial charge in [0.05, 0.1) is 24.4 Å². The Hall–Kier alpha value is -2.66. The minimum Gasteiger partial charge on any atom is -0.385 e. The largest absolute Gasteiger partial charge is 0.385 e. The molecule has 1 saturated heterocycles. The quantitative estimate of drug-likeness (QED) is 0.777. The van der Waals surface area contributed by atoms with Gasteiger partial charge in [0.15, 0.2) is 0 Å². The molecule has 0 radical (unpaired) electrons. The molecule has 5 nitrogen and oxygen atoms in total. The van der Waals surface area contributed by atoms with E-state index in [-0.39, 0.29) is 0 Å². The predicted octanol–water partition coefficient (Wildman–Crippen LogP) is 3.12. The van der Waals surface area contributed by atoms with Crippen molar-refractivity contribution >= 4 is 22.4 Å². The summed E-state index contributed by atoms with van der Waals surface area (Å²) >= 11 is 0. The summed E-state index contributed by atoms with van der Waals surface area (Å²) in [5, 5.41) is 4.60. The molecule has 4 rings (SSSR count). The van der Waals surface area contributed by atoms with Crippen LogP contribution >= 0.6 is 0 Å². The van der Waals surface area contributed by atoms with E-state index in [1.54, 1.807) is 0 Å². The molecular weight excluding hydrogens is 312 g/mol. The van der Waals surface area contributed by atoms with E-state index in [0.29, 0.717) is 0 Å². The summed E-state index contributed by atoms with van der Waals surface area (Å²) in [6.07, 6.45) is 2.70. The monoisotopic (exact) mass is 334 g/mol. The molecule has 3 heterocycles. The normalized spacial score (nSPS) is 14.6. The fourth-order valence-corrected chi connectivity index (χ4v) is 3.16. The summed E-state index contributed by atoms with van der Waals surface area (Å²) in [4.78, 5) is 11.8. The third kappa shape index (κ3) is 3.72. The van der Waals surface area contributed by atoms with E-state index in [1.807, 2.05) is 30.5 Å². The second-order valence-corrected chi connectivity index (χ2v) is 6.14. The minimum atomic E-state index is 0.757. The van der Waals surface area contributed by atoms with Crippen LogP contribution in [0, 0.1) is 0 Å². The topological polar surface area (TPSA) is 50.3 Å². The van der Waals surface area contributed by atoms with Crippen LogP contribution in [0.2, 0.25) is 0 Å². The van der Waals surface area contributed by atoms with Gasteiger partial charge in [0.2, 0.25) is 0 Å². The highest BCUT2D eigenvalue weighted by atomic mass is 16.5. The molecule has 1 fully saturated rings. The van der Waals surface area contributed by atoms with Gasteiger partial charge < -0.3 is 15.0 Å². The highest BCUT2D eigenvalue weighted by Crippen LogP contribution is 2.23. The van der Waals surface area contributed by atoms with Crippen molar-refractivity contribution in [3.05, 3.63) is 60.4 Å². The summed E-state index contributed by atoms with van der Waals surface area (Å²) in [5.74, 6) is 1.00. The van der Waals surface area contributed by atoms with Gasteiger partial charge in [0, 0.05) is 49.4 Å². The molecule has 0 bridgehead atoms. The third-order valence-electron chi connectivity index (χ3n) is 4.46. The Bertz CT molecular complexity index is 831. The van der Waals surface area contributed by atoms with Crippen molar-refractivity contribution in [1.82, 2.24) is 9.97 Å². The van der Waals surface area contributed by atoms with Crippen LogP contribution in [-0.2, 0) is 11.2 Å². The lowest BCUT2D eigenvalue weighted by Crippen LogP contribution is -2.36. The molecule has 128 valence electrons. The lowest BCUT2D eigenvalue weighted by molar-refractivity contribution is 0.122. The van der Waals surface area contributed by atoms with Gasteiger partial charge in [-0.3, -0.25) is 4.98 Å². The predicted molar refractivity (Wildman–Crippen MR) is 101 cm³/mol. The first-order valence-corrected chi connectivity index (χ1v) is 8.76. The molecule has 0 amide bonds. The number of anilines is 2. The van der Waals surface area contributed by atoms with Crippen molar-refractivity contribution in [2.75, 3.05) is 43.1 Å². The zero-order chi connectivity index (χ0) is 16.9. The average Bonchev–Trinajstić information content (AvgIpc) is 2.69. The summed E-state index contributed by atoms with van der Waals surface area (Å²) in [5.41, 5.74) is 3.23. The number of nitrogens with one attached hydrogen (secondary N) is 1. The molecule has 2 aromatic heterocycles. The number of hydrogen-bond donors (Lipinski definition) is 1. The maximum absolute atomic E-state index is 5.46.